The molecular weight excluding hydrogens is 232 g/mol. The molecule has 3 N–H and O–H groups in total. The van der Waals surface area contributed by atoms with E-state index in [-0.39, 0.29) is 18.2 Å². The second-order valence-corrected chi connectivity index (χ2v) is 4.03. The van der Waals surface area contributed by atoms with Crippen molar-refractivity contribution in [1.29, 1.82) is 0 Å². The Kier molecular flexibility index (Phi) is 5.33. The summed E-state index contributed by atoms with van der Waals surface area (Å²) in [7, 11) is 0. The van der Waals surface area contributed by atoms with Crippen LogP contribution in [0.4, 0.5) is 0 Å². The summed E-state index contributed by atoms with van der Waals surface area (Å²) in [6.07, 6.45) is 0. The van der Waals surface area contributed by atoms with Gasteiger partial charge in [-0.3, -0.25) is 4.90 Å². The summed E-state index contributed by atoms with van der Waals surface area (Å²) in [5.74, 6) is -1.04. The van der Waals surface area contributed by atoms with E-state index in [0.29, 0.717) is 25.3 Å². The van der Waals surface area contributed by atoms with Crippen molar-refractivity contribution in [2.45, 2.75) is 6.54 Å². The minimum atomic E-state index is -1.04. The quantitative estimate of drug-likeness (QED) is 0.607. The first-order valence-electron chi connectivity index (χ1n) is 4.79. The molecule has 90 valence electrons. The van der Waals surface area contributed by atoms with Crippen LogP contribution >= 0.6 is 11.3 Å². The molecular formula is C9H14N2O4S. The molecule has 1 aromatic rings. The Morgan fingerprint density at radius 2 is 2.00 bits per heavy atom. The number of carbonyl (C=O) groups is 1. The standard InChI is InChI=1S/C9H14N2O4S/c12-3-1-11(2-4-13)5-7-6-16-8(10-7)9(14)15/h6,12-13H,1-5H2,(H,14,15). The van der Waals surface area contributed by atoms with E-state index in [0.717, 1.165) is 11.3 Å². The zero-order chi connectivity index (χ0) is 12.0. The van der Waals surface area contributed by atoms with Crippen molar-refractivity contribution in [3.8, 4) is 0 Å². The number of hydrogen-bond acceptors (Lipinski definition) is 6. The van der Waals surface area contributed by atoms with Crippen LogP contribution < -0.4 is 0 Å². The first kappa shape index (κ1) is 13.0. The van der Waals surface area contributed by atoms with Gasteiger partial charge in [-0.05, 0) is 0 Å². The lowest BCUT2D eigenvalue weighted by atomic mass is 10.4. The summed E-state index contributed by atoms with van der Waals surface area (Å²) < 4.78 is 0. The molecule has 6 nitrogen and oxygen atoms in total. The molecule has 1 rings (SSSR count). The average Bonchev–Trinajstić information content (AvgIpc) is 2.67. The molecule has 0 radical (unpaired) electrons. The normalized spacial score (nSPS) is 10.9. The predicted octanol–water partition coefficient (Wildman–Crippen LogP) is -0.372. The number of aromatic nitrogens is 1. The molecule has 0 bridgehead atoms. The van der Waals surface area contributed by atoms with E-state index in [4.69, 9.17) is 15.3 Å². The van der Waals surface area contributed by atoms with Crippen LogP contribution in [-0.2, 0) is 6.54 Å². The maximum atomic E-state index is 10.6. The highest BCUT2D eigenvalue weighted by atomic mass is 32.1. The summed E-state index contributed by atoms with van der Waals surface area (Å²) >= 11 is 1.07. The van der Waals surface area contributed by atoms with Crippen LogP contribution in [0.15, 0.2) is 5.38 Å². The minimum Gasteiger partial charge on any atom is -0.476 e. The molecule has 0 saturated carbocycles. The van der Waals surface area contributed by atoms with Gasteiger partial charge in [-0.25, -0.2) is 9.78 Å². The van der Waals surface area contributed by atoms with E-state index < -0.39 is 5.97 Å². The molecule has 0 aromatic carbocycles. The Bertz CT molecular complexity index is 336. The van der Waals surface area contributed by atoms with Gasteiger partial charge in [-0.15, -0.1) is 11.3 Å². The lowest BCUT2D eigenvalue weighted by Gasteiger charge is -2.18. The number of aliphatic hydroxyl groups excluding tert-OH is 2. The van der Waals surface area contributed by atoms with Gasteiger partial charge in [0.1, 0.15) is 0 Å². The Hall–Kier alpha value is -1.02. The number of carboxylic acid groups (broad SMARTS) is 1. The van der Waals surface area contributed by atoms with Crippen molar-refractivity contribution in [2.75, 3.05) is 26.3 Å². The zero-order valence-electron chi connectivity index (χ0n) is 8.67. The highest BCUT2D eigenvalue weighted by Crippen LogP contribution is 2.11. The van der Waals surface area contributed by atoms with Crippen LogP contribution in [0.5, 0.6) is 0 Å². The molecule has 1 heterocycles. The molecule has 0 saturated heterocycles. The molecule has 0 aliphatic rings. The van der Waals surface area contributed by atoms with Crippen molar-refractivity contribution < 1.29 is 20.1 Å². The molecule has 0 fully saturated rings. The first-order chi connectivity index (χ1) is 7.67. The molecule has 0 aliphatic heterocycles. The van der Waals surface area contributed by atoms with Crippen LogP contribution in [-0.4, -0.2) is 57.5 Å². The van der Waals surface area contributed by atoms with Gasteiger partial charge in [-0.1, -0.05) is 0 Å². The number of rotatable bonds is 7. The van der Waals surface area contributed by atoms with E-state index >= 15 is 0 Å². The zero-order valence-corrected chi connectivity index (χ0v) is 9.48. The third-order valence-corrected chi connectivity index (χ3v) is 2.83. The maximum Gasteiger partial charge on any atom is 0.365 e. The van der Waals surface area contributed by atoms with E-state index in [1.165, 1.54) is 0 Å². The number of carboxylic acids is 1. The van der Waals surface area contributed by atoms with Gasteiger partial charge in [0.25, 0.3) is 0 Å². The highest BCUT2D eigenvalue weighted by Gasteiger charge is 2.11. The molecule has 0 atom stereocenters. The summed E-state index contributed by atoms with van der Waals surface area (Å²) in [4.78, 5) is 16.3. The van der Waals surface area contributed by atoms with E-state index in [1.54, 1.807) is 10.3 Å². The van der Waals surface area contributed by atoms with Crippen molar-refractivity contribution in [2.24, 2.45) is 0 Å². The fraction of sp³-hybridized carbons (Fsp3) is 0.556. The van der Waals surface area contributed by atoms with Gasteiger partial charge < -0.3 is 15.3 Å². The van der Waals surface area contributed by atoms with Crippen molar-refractivity contribution >= 4 is 17.3 Å². The van der Waals surface area contributed by atoms with Gasteiger partial charge in [0.05, 0.1) is 18.9 Å². The lowest BCUT2D eigenvalue weighted by molar-refractivity contribution is 0.0695. The molecule has 1 aromatic heterocycles. The van der Waals surface area contributed by atoms with Crippen LogP contribution in [0.25, 0.3) is 0 Å². The van der Waals surface area contributed by atoms with Gasteiger partial charge in [0.15, 0.2) is 0 Å². The first-order valence-corrected chi connectivity index (χ1v) is 5.67. The van der Waals surface area contributed by atoms with E-state index in [1.807, 2.05) is 0 Å². The lowest BCUT2D eigenvalue weighted by Crippen LogP contribution is -2.29. The van der Waals surface area contributed by atoms with Crippen molar-refractivity contribution in [1.82, 2.24) is 9.88 Å². The largest absolute Gasteiger partial charge is 0.476 e. The number of nitrogens with zero attached hydrogens (tertiary/aromatic N) is 2. The highest BCUT2D eigenvalue weighted by molar-refractivity contribution is 7.11. The Morgan fingerprint density at radius 3 is 2.44 bits per heavy atom. The van der Waals surface area contributed by atoms with Gasteiger partial charge >= 0.3 is 5.97 Å². The summed E-state index contributed by atoms with van der Waals surface area (Å²) in [6, 6.07) is 0. The maximum absolute atomic E-state index is 10.6. The smallest absolute Gasteiger partial charge is 0.365 e. The Balaban J connectivity index is 2.58. The number of aromatic carboxylic acids is 1. The Labute approximate surface area is 96.8 Å². The summed E-state index contributed by atoms with van der Waals surface area (Å²) in [6.45, 7) is 1.29. The molecule has 0 spiro atoms. The minimum absolute atomic E-state index is 0.00404. The van der Waals surface area contributed by atoms with Gasteiger partial charge in [-0.2, -0.15) is 0 Å². The van der Waals surface area contributed by atoms with E-state index in [9.17, 15) is 4.79 Å². The van der Waals surface area contributed by atoms with Gasteiger partial charge in [0.2, 0.25) is 5.01 Å². The Morgan fingerprint density at radius 1 is 1.38 bits per heavy atom. The van der Waals surface area contributed by atoms with E-state index in [2.05, 4.69) is 4.98 Å². The molecule has 0 unspecified atom stereocenters. The second-order valence-electron chi connectivity index (χ2n) is 3.17. The number of hydrogen-bond donors (Lipinski definition) is 3. The van der Waals surface area contributed by atoms with Crippen LogP contribution in [0, 0.1) is 0 Å². The van der Waals surface area contributed by atoms with Crippen molar-refractivity contribution in [3.63, 3.8) is 0 Å². The van der Waals surface area contributed by atoms with Crippen molar-refractivity contribution in [3.05, 3.63) is 16.1 Å². The molecule has 0 aliphatic carbocycles. The SMILES string of the molecule is O=C(O)c1nc(CN(CCO)CCO)cs1. The fourth-order valence-corrected chi connectivity index (χ4v) is 1.91. The third kappa shape index (κ3) is 3.86. The average molecular weight is 246 g/mol. The summed E-state index contributed by atoms with van der Waals surface area (Å²) in [5.41, 5.74) is 0.643. The van der Waals surface area contributed by atoms with Gasteiger partial charge in [0, 0.05) is 25.0 Å². The second kappa shape index (κ2) is 6.54. The third-order valence-electron chi connectivity index (χ3n) is 1.95. The molecule has 0 amide bonds. The topological polar surface area (TPSA) is 93.9 Å². The van der Waals surface area contributed by atoms with Crippen LogP contribution in [0.3, 0.4) is 0 Å². The number of thiazole rings is 1. The van der Waals surface area contributed by atoms with Crippen LogP contribution in [0.1, 0.15) is 15.5 Å². The van der Waals surface area contributed by atoms with Crippen LogP contribution in [0.2, 0.25) is 0 Å². The fourth-order valence-electron chi connectivity index (χ4n) is 1.26. The molecule has 7 heteroatoms. The molecule has 16 heavy (non-hydrogen) atoms. The summed E-state index contributed by atoms with van der Waals surface area (Å²) in [5, 5.41) is 28.0. The predicted molar refractivity (Wildman–Crippen MR) is 58.5 cm³/mol. The monoisotopic (exact) mass is 246 g/mol. The number of aliphatic hydroxyl groups is 2.